The SMILES string of the molecule is OC1CNCC1OCC(F)(F)F. The molecule has 0 aromatic heterocycles. The van der Waals surface area contributed by atoms with Crippen LogP contribution in [0.2, 0.25) is 0 Å². The number of halogens is 3. The molecule has 1 fully saturated rings. The molecule has 2 unspecified atom stereocenters. The predicted molar refractivity (Wildman–Crippen MR) is 34.7 cm³/mol. The maximum absolute atomic E-state index is 11.6. The van der Waals surface area contributed by atoms with Gasteiger partial charge >= 0.3 is 6.18 Å². The zero-order valence-electron chi connectivity index (χ0n) is 6.27. The normalized spacial score (nSPS) is 31.0. The van der Waals surface area contributed by atoms with E-state index in [0.717, 1.165) is 0 Å². The topological polar surface area (TPSA) is 41.5 Å². The Morgan fingerprint density at radius 3 is 2.50 bits per heavy atom. The second-order valence-corrected chi connectivity index (χ2v) is 2.69. The first-order chi connectivity index (χ1) is 5.49. The maximum Gasteiger partial charge on any atom is 0.411 e. The van der Waals surface area contributed by atoms with Gasteiger partial charge in [0.2, 0.25) is 0 Å². The molecule has 0 amide bonds. The van der Waals surface area contributed by atoms with Crippen LogP contribution in [-0.4, -0.2) is 43.2 Å². The second-order valence-electron chi connectivity index (χ2n) is 2.69. The minimum Gasteiger partial charge on any atom is -0.389 e. The number of aliphatic hydroxyl groups is 1. The van der Waals surface area contributed by atoms with Gasteiger partial charge < -0.3 is 15.2 Å². The van der Waals surface area contributed by atoms with Crippen LogP contribution in [0.15, 0.2) is 0 Å². The molecule has 1 saturated heterocycles. The van der Waals surface area contributed by atoms with Gasteiger partial charge in [0.25, 0.3) is 0 Å². The van der Waals surface area contributed by atoms with Crippen LogP contribution in [0, 0.1) is 0 Å². The van der Waals surface area contributed by atoms with E-state index >= 15 is 0 Å². The molecule has 72 valence electrons. The number of aliphatic hydroxyl groups excluding tert-OH is 1. The van der Waals surface area contributed by atoms with Gasteiger partial charge in [-0.05, 0) is 0 Å². The van der Waals surface area contributed by atoms with Gasteiger partial charge in [-0.1, -0.05) is 0 Å². The lowest BCUT2D eigenvalue weighted by molar-refractivity contribution is -0.190. The van der Waals surface area contributed by atoms with E-state index in [1.54, 1.807) is 0 Å². The number of hydrogen-bond donors (Lipinski definition) is 2. The maximum atomic E-state index is 11.6. The van der Waals surface area contributed by atoms with Crippen molar-refractivity contribution < 1.29 is 23.0 Å². The molecule has 0 bridgehead atoms. The summed E-state index contributed by atoms with van der Waals surface area (Å²) in [6.45, 7) is -0.726. The van der Waals surface area contributed by atoms with E-state index in [2.05, 4.69) is 10.1 Å². The average Bonchev–Trinajstić information content (AvgIpc) is 2.29. The summed E-state index contributed by atoms with van der Waals surface area (Å²) >= 11 is 0. The van der Waals surface area contributed by atoms with Gasteiger partial charge in [-0.2, -0.15) is 13.2 Å². The molecule has 3 nitrogen and oxygen atoms in total. The Bertz CT molecular complexity index is 150. The van der Waals surface area contributed by atoms with E-state index in [4.69, 9.17) is 5.11 Å². The van der Waals surface area contributed by atoms with E-state index in [0.29, 0.717) is 6.54 Å². The Morgan fingerprint density at radius 2 is 2.08 bits per heavy atom. The van der Waals surface area contributed by atoms with Gasteiger partial charge in [0, 0.05) is 13.1 Å². The minimum absolute atomic E-state index is 0.275. The number of β-amino-alcohol motifs (C(OH)–C–C–N with tert-alkyl or cyclic N) is 1. The van der Waals surface area contributed by atoms with E-state index in [1.807, 2.05) is 0 Å². The first-order valence-electron chi connectivity index (χ1n) is 3.56. The van der Waals surface area contributed by atoms with Gasteiger partial charge in [0.15, 0.2) is 0 Å². The fraction of sp³-hybridized carbons (Fsp3) is 1.00. The van der Waals surface area contributed by atoms with Crippen molar-refractivity contribution in [2.75, 3.05) is 19.7 Å². The summed E-state index contributed by atoms with van der Waals surface area (Å²) in [7, 11) is 0. The van der Waals surface area contributed by atoms with E-state index in [1.165, 1.54) is 0 Å². The molecule has 0 aromatic carbocycles. The van der Waals surface area contributed by atoms with Crippen LogP contribution in [0.5, 0.6) is 0 Å². The van der Waals surface area contributed by atoms with E-state index < -0.39 is 25.0 Å². The van der Waals surface area contributed by atoms with Crippen LogP contribution in [0.25, 0.3) is 0 Å². The molecule has 0 radical (unpaired) electrons. The summed E-state index contributed by atoms with van der Waals surface area (Å²) in [6, 6.07) is 0. The van der Waals surface area contributed by atoms with Crippen molar-refractivity contribution in [2.45, 2.75) is 18.4 Å². The van der Waals surface area contributed by atoms with Crippen molar-refractivity contribution in [1.29, 1.82) is 0 Å². The summed E-state index contributed by atoms with van der Waals surface area (Å²) in [5.41, 5.74) is 0. The highest BCUT2D eigenvalue weighted by atomic mass is 19.4. The van der Waals surface area contributed by atoms with Gasteiger partial charge in [-0.15, -0.1) is 0 Å². The van der Waals surface area contributed by atoms with Crippen molar-refractivity contribution in [3.63, 3.8) is 0 Å². The largest absolute Gasteiger partial charge is 0.411 e. The molecule has 0 aliphatic carbocycles. The Labute approximate surface area is 67.5 Å². The number of rotatable bonds is 2. The standard InChI is InChI=1S/C6H10F3NO2/c7-6(8,9)3-12-5-2-10-1-4(5)11/h4-5,10-11H,1-3H2. The van der Waals surface area contributed by atoms with E-state index in [9.17, 15) is 13.2 Å². The zero-order chi connectivity index (χ0) is 9.19. The number of nitrogens with one attached hydrogen (secondary N) is 1. The molecule has 6 heteroatoms. The Kier molecular flexibility index (Phi) is 2.92. The van der Waals surface area contributed by atoms with Crippen molar-refractivity contribution in [1.82, 2.24) is 5.32 Å². The first kappa shape index (κ1) is 9.76. The predicted octanol–water partition coefficient (Wildman–Crippen LogP) is -0.102. The van der Waals surface area contributed by atoms with Crippen LogP contribution in [-0.2, 0) is 4.74 Å². The molecule has 12 heavy (non-hydrogen) atoms. The molecule has 1 heterocycles. The molecule has 1 aliphatic heterocycles. The smallest absolute Gasteiger partial charge is 0.389 e. The molecular formula is C6H10F3NO2. The lowest BCUT2D eigenvalue weighted by Crippen LogP contribution is -2.31. The van der Waals surface area contributed by atoms with Crippen LogP contribution in [0.4, 0.5) is 13.2 Å². The summed E-state index contributed by atoms with van der Waals surface area (Å²) in [4.78, 5) is 0. The highest BCUT2D eigenvalue weighted by Gasteiger charge is 2.33. The van der Waals surface area contributed by atoms with Crippen molar-refractivity contribution in [3.8, 4) is 0 Å². The average molecular weight is 185 g/mol. The Morgan fingerprint density at radius 1 is 1.42 bits per heavy atom. The fourth-order valence-electron chi connectivity index (χ4n) is 1.01. The first-order valence-corrected chi connectivity index (χ1v) is 3.56. The minimum atomic E-state index is -4.32. The Hall–Kier alpha value is -0.330. The molecule has 1 rings (SSSR count). The highest BCUT2D eigenvalue weighted by Crippen LogP contribution is 2.17. The highest BCUT2D eigenvalue weighted by molar-refractivity contribution is 4.81. The van der Waals surface area contributed by atoms with E-state index in [-0.39, 0.29) is 6.54 Å². The lowest BCUT2D eigenvalue weighted by Gasteiger charge is -2.15. The second kappa shape index (κ2) is 3.59. The molecule has 0 spiro atoms. The van der Waals surface area contributed by atoms with Crippen molar-refractivity contribution in [3.05, 3.63) is 0 Å². The zero-order valence-corrected chi connectivity index (χ0v) is 6.27. The summed E-state index contributed by atoms with van der Waals surface area (Å²) in [5, 5.41) is 11.7. The molecule has 2 N–H and O–H groups in total. The summed E-state index contributed by atoms with van der Waals surface area (Å²) in [5.74, 6) is 0. The quantitative estimate of drug-likeness (QED) is 0.631. The number of hydrogen-bond acceptors (Lipinski definition) is 3. The third-order valence-corrected chi connectivity index (χ3v) is 1.59. The van der Waals surface area contributed by atoms with Gasteiger partial charge in [0.05, 0.1) is 12.2 Å². The summed E-state index contributed by atoms with van der Waals surface area (Å²) < 4.78 is 39.3. The molecular weight excluding hydrogens is 175 g/mol. The third-order valence-electron chi connectivity index (χ3n) is 1.59. The molecule has 2 atom stereocenters. The summed E-state index contributed by atoms with van der Waals surface area (Å²) in [6.07, 6.45) is -5.87. The fourth-order valence-corrected chi connectivity index (χ4v) is 1.01. The van der Waals surface area contributed by atoms with Crippen molar-refractivity contribution >= 4 is 0 Å². The van der Waals surface area contributed by atoms with Gasteiger partial charge in [-0.3, -0.25) is 0 Å². The molecule has 1 aliphatic rings. The van der Waals surface area contributed by atoms with Crippen LogP contribution >= 0.6 is 0 Å². The Balaban J connectivity index is 2.23. The van der Waals surface area contributed by atoms with Crippen LogP contribution < -0.4 is 5.32 Å². The van der Waals surface area contributed by atoms with Crippen molar-refractivity contribution in [2.24, 2.45) is 0 Å². The number of ether oxygens (including phenoxy) is 1. The molecule has 0 aromatic rings. The van der Waals surface area contributed by atoms with Crippen LogP contribution in [0.3, 0.4) is 0 Å². The lowest BCUT2D eigenvalue weighted by atomic mass is 10.3. The number of alkyl halides is 3. The monoisotopic (exact) mass is 185 g/mol. The van der Waals surface area contributed by atoms with Gasteiger partial charge in [-0.25, -0.2) is 0 Å². The third kappa shape index (κ3) is 2.96. The van der Waals surface area contributed by atoms with Crippen LogP contribution in [0.1, 0.15) is 0 Å². The van der Waals surface area contributed by atoms with Gasteiger partial charge in [0.1, 0.15) is 6.61 Å². The molecule has 0 saturated carbocycles.